The summed E-state index contributed by atoms with van der Waals surface area (Å²) < 4.78 is 5.35. The van der Waals surface area contributed by atoms with Crippen molar-refractivity contribution in [2.45, 2.75) is 51.8 Å². The summed E-state index contributed by atoms with van der Waals surface area (Å²) in [5.41, 5.74) is 1.84. The molecule has 1 aromatic heterocycles. The van der Waals surface area contributed by atoms with Crippen molar-refractivity contribution in [2.75, 3.05) is 0 Å². The van der Waals surface area contributed by atoms with Crippen LogP contribution >= 0.6 is 23.2 Å². The highest BCUT2D eigenvalue weighted by molar-refractivity contribution is 6.35. The normalized spacial score (nSPS) is 12.4. The number of alkyl carbamates (subject to hydrolysis) is 1. The van der Waals surface area contributed by atoms with Crippen molar-refractivity contribution >= 4 is 46.2 Å². The van der Waals surface area contributed by atoms with Gasteiger partial charge in [-0.05, 0) is 57.0 Å². The van der Waals surface area contributed by atoms with Crippen LogP contribution in [-0.4, -0.2) is 33.6 Å². The topological polar surface area (TPSA) is 96.1 Å². The van der Waals surface area contributed by atoms with E-state index in [1.54, 1.807) is 39.0 Å². The van der Waals surface area contributed by atoms with E-state index in [-0.39, 0.29) is 18.9 Å². The molecule has 1 heterocycles. The predicted molar refractivity (Wildman–Crippen MR) is 126 cm³/mol. The molecule has 9 heteroatoms. The fourth-order valence-electron chi connectivity index (χ4n) is 3.17. The third-order valence-electron chi connectivity index (χ3n) is 4.53. The van der Waals surface area contributed by atoms with E-state index in [4.69, 9.17) is 27.9 Å². The molecule has 0 saturated carbocycles. The second kappa shape index (κ2) is 10.2. The summed E-state index contributed by atoms with van der Waals surface area (Å²) in [6.07, 6.45) is -0.219. The van der Waals surface area contributed by atoms with Gasteiger partial charge < -0.3 is 20.4 Å². The van der Waals surface area contributed by atoms with Gasteiger partial charge in [-0.1, -0.05) is 41.4 Å². The number of aromatic nitrogens is 2. The lowest BCUT2D eigenvalue weighted by Crippen LogP contribution is -2.43. The second-order valence-corrected chi connectivity index (χ2v) is 9.31. The molecule has 0 aliphatic carbocycles. The van der Waals surface area contributed by atoms with Gasteiger partial charge in [0.05, 0.1) is 17.6 Å². The number of nitrogens with zero attached hydrogens (tertiary/aromatic N) is 1. The average Bonchev–Trinajstić information content (AvgIpc) is 3.10. The molecule has 0 aliphatic heterocycles. The van der Waals surface area contributed by atoms with Crippen LogP contribution < -0.4 is 10.6 Å². The molecule has 0 aliphatic rings. The van der Waals surface area contributed by atoms with Gasteiger partial charge in [-0.15, -0.1) is 0 Å². The second-order valence-electron chi connectivity index (χ2n) is 8.46. The number of para-hydroxylation sites is 2. The summed E-state index contributed by atoms with van der Waals surface area (Å²) >= 11 is 12.3. The zero-order chi connectivity index (χ0) is 23.3. The van der Waals surface area contributed by atoms with Crippen LogP contribution in [0.3, 0.4) is 0 Å². The summed E-state index contributed by atoms with van der Waals surface area (Å²) in [5.74, 6) is 0.411. The number of halogens is 2. The molecule has 3 N–H and O–H groups in total. The molecule has 0 spiro atoms. The van der Waals surface area contributed by atoms with Gasteiger partial charge in [-0.25, -0.2) is 9.78 Å². The molecule has 7 nitrogen and oxygen atoms in total. The maximum absolute atomic E-state index is 12.6. The van der Waals surface area contributed by atoms with Crippen molar-refractivity contribution in [3.8, 4) is 0 Å². The maximum atomic E-state index is 12.6. The minimum Gasteiger partial charge on any atom is -0.444 e. The van der Waals surface area contributed by atoms with Crippen LogP contribution in [0, 0.1) is 0 Å². The number of ether oxygens (including phenoxy) is 1. The lowest BCUT2D eigenvalue weighted by molar-refractivity contribution is -0.121. The highest BCUT2D eigenvalue weighted by atomic mass is 35.5. The summed E-state index contributed by atoms with van der Waals surface area (Å²) in [6.45, 7) is 5.57. The van der Waals surface area contributed by atoms with Gasteiger partial charge in [0.25, 0.3) is 0 Å². The summed E-state index contributed by atoms with van der Waals surface area (Å²) in [5, 5.41) is 6.60. The van der Waals surface area contributed by atoms with E-state index in [9.17, 15) is 9.59 Å². The first-order valence-corrected chi connectivity index (χ1v) is 11.0. The van der Waals surface area contributed by atoms with Gasteiger partial charge in [0.1, 0.15) is 11.4 Å². The van der Waals surface area contributed by atoms with Gasteiger partial charge in [-0.2, -0.15) is 0 Å². The number of carbonyl (C=O) groups excluding carboxylic acids is 2. The molecule has 0 radical (unpaired) electrons. The number of fused-ring (bicyclic) bond motifs is 1. The van der Waals surface area contributed by atoms with E-state index < -0.39 is 17.7 Å². The van der Waals surface area contributed by atoms with Gasteiger partial charge in [-0.3, -0.25) is 4.79 Å². The summed E-state index contributed by atoms with van der Waals surface area (Å²) in [7, 11) is 0. The Kier molecular flexibility index (Phi) is 7.64. The van der Waals surface area contributed by atoms with Crippen LogP contribution in [-0.2, 0) is 22.5 Å². The molecule has 2 aromatic carbocycles. The first kappa shape index (κ1) is 23.9. The number of aromatic amines is 1. The summed E-state index contributed by atoms with van der Waals surface area (Å²) in [6, 6.07) is 12.2. The lowest BCUT2D eigenvalue weighted by Gasteiger charge is -2.24. The SMILES string of the molecule is CC(C)(C)OC(=O)N[C@@H](CC(=O)NCc1nc2ccccc2[nH]1)Cc1ccc(Cl)cc1Cl. The molecule has 3 aromatic rings. The average molecular weight is 477 g/mol. The molecular weight excluding hydrogens is 451 g/mol. The van der Waals surface area contributed by atoms with Crippen molar-refractivity contribution < 1.29 is 14.3 Å². The Labute approximate surface area is 196 Å². The molecule has 0 saturated heterocycles. The standard InChI is InChI=1S/C23H26Cl2N4O3/c1-23(2,3)32-22(31)27-16(10-14-8-9-15(24)11-17(14)25)12-21(30)26-13-20-28-18-6-4-5-7-19(18)29-20/h4-9,11,16H,10,12-13H2,1-3H3,(H,26,30)(H,27,31)(H,28,29)/t16-/m1/s1. The first-order chi connectivity index (χ1) is 15.1. The minimum absolute atomic E-state index is 0.0401. The van der Waals surface area contributed by atoms with E-state index in [2.05, 4.69) is 20.6 Å². The van der Waals surface area contributed by atoms with E-state index in [1.165, 1.54) is 0 Å². The number of imidazole rings is 1. The molecule has 3 rings (SSSR count). The van der Waals surface area contributed by atoms with E-state index in [0.717, 1.165) is 16.6 Å². The van der Waals surface area contributed by atoms with Crippen LogP contribution in [0.4, 0.5) is 4.79 Å². The van der Waals surface area contributed by atoms with Crippen LogP contribution in [0.2, 0.25) is 10.0 Å². The van der Waals surface area contributed by atoms with Crippen molar-refractivity contribution in [2.24, 2.45) is 0 Å². The Bertz CT molecular complexity index is 1080. The molecule has 0 bridgehead atoms. The van der Waals surface area contributed by atoms with Crippen molar-refractivity contribution in [3.05, 3.63) is 63.9 Å². The molecular formula is C23H26Cl2N4O3. The zero-order valence-electron chi connectivity index (χ0n) is 18.2. The number of benzene rings is 2. The monoisotopic (exact) mass is 476 g/mol. The largest absolute Gasteiger partial charge is 0.444 e. The molecule has 32 heavy (non-hydrogen) atoms. The predicted octanol–water partition coefficient (Wildman–Crippen LogP) is 5.01. The van der Waals surface area contributed by atoms with Crippen molar-refractivity contribution in [1.29, 1.82) is 0 Å². The fourth-order valence-corrected chi connectivity index (χ4v) is 3.65. The number of amides is 2. The molecule has 2 amide bonds. The van der Waals surface area contributed by atoms with Crippen LogP contribution in [0.5, 0.6) is 0 Å². The number of carbonyl (C=O) groups is 2. The van der Waals surface area contributed by atoms with Crippen molar-refractivity contribution in [3.63, 3.8) is 0 Å². The lowest BCUT2D eigenvalue weighted by atomic mass is 10.0. The number of rotatable bonds is 7. The van der Waals surface area contributed by atoms with Gasteiger partial charge in [0.2, 0.25) is 5.91 Å². The van der Waals surface area contributed by atoms with Crippen LogP contribution in [0.15, 0.2) is 42.5 Å². The Morgan fingerprint density at radius 1 is 1.16 bits per heavy atom. The van der Waals surface area contributed by atoms with Crippen molar-refractivity contribution in [1.82, 2.24) is 20.6 Å². The molecule has 1 atom stereocenters. The third-order valence-corrected chi connectivity index (χ3v) is 5.11. The van der Waals surface area contributed by atoms with E-state index in [1.807, 2.05) is 24.3 Å². The van der Waals surface area contributed by atoms with Gasteiger partial charge in [0.15, 0.2) is 0 Å². The Morgan fingerprint density at radius 3 is 2.59 bits per heavy atom. The first-order valence-electron chi connectivity index (χ1n) is 10.2. The van der Waals surface area contributed by atoms with Gasteiger partial charge >= 0.3 is 6.09 Å². The van der Waals surface area contributed by atoms with Crippen LogP contribution in [0.25, 0.3) is 11.0 Å². The van der Waals surface area contributed by atoms with Gasteiger partial charge in [0, 0.05) is 22.5 Å². The summed E-state index contributed by atoms with van der Waals surface area (Å²) in [4.78, 5) is 32.6. The third kappa shape index (κ3) is 7.14. The number of nitrogens with one attached hydrogen (secondary N) is 3. The minimum atomic E-state index is -0.657. The smallest absolute Gasteiger partial charge is 0.407 e. The molecule has 170 valence electrons. The molecule has 0 unspecified atom stereocenters. The zero-order valence-corrected chi connectivity index (χ0v) is 19.7. The fraction of sp³-hybridized carbons (Fsp3) is 0.348. The molecule has 0 fully saturated rings. The number of H-pyrrole nitrogens is 1. The number of hydrogen-bond donors (Lipinski definition) is 3. The van der Waals surface area contributed by atoms with Crippen LogP contribution in [0.1, 0.15) is 38.6 Å². The quantitative estimate of drug-likeness (QED) is 0.446. The maximum Gasteiger partial charge on any atom is 0.407 e. The number of hydrogen-bond acceptors (Lipinski definition) is 4. The highest BCUT2D eigenvalue weighted by Crippen LogP contribution is 2.23. The van der Waals surface area contributed by atoms with E-state index >= 15 is 0 Å². The Hall–Kier alpha value is -2.77. The Balaban J connectivity index is 1.65. The Morgan fingerprint density at radius 2 is 1.91 bits per heavy atom. The van der Waals surface area contributed by atoms with E-state index in [0.29, 0.717) is 22.3 Å². The highest BCUT2D eigenvalue weighted by Gasteiger charge is 2.22.